The van der Waals surface area contributed by atoms with Crippen molar-refractivity contribution in [3.05, 3.63) is 23.3 Å². The van der Waals surface area contributed by atoms with Crippen molar-refractivity contribution in [1.82, 2.24) is 0 Å². The maximum Gasteiger partial charge on any atom is 0.192 e. The highest BCUT2D eigenvalue weighted by Crippen LogP contribution is 2.60. The van der Waals surface area contributed by atoms with Crippen LogP contribution >= 0.6 is 0 Å². The zero-order valence-electron chi connectivity index (χ0n) is 34.1. The third-order valence-electron chi connectivity index (χ3n) is 14.2. The van der Waals surface area contributed by atoms with E-state index in [1.807, 2.05) is 0 Å². The molecule has 1 saturated heterocycles. The van der Waals surface area contributed by atoms with Crippen LogP contribution in [0.2, 0.25) is 36.3 Å². The number of epoxide rings is 1. The van der Waals surface area contributed by atoms with Gasteiger partial charge in [-0.05, 0) is 125 Å². The number of hydrogen-bond acceptors (Lipinski definition) is 5. The summed E-state index contributed by atoms with van der Waals surface area (Å²) in [6.45, 7) is 34.4. The van der Waals surface area contributed by atoms with Crippen molar-refractivity contribution < 1.29 is 23.1 Å². The number of hydrogen-bond donors (Lipinski definition) is 0. The standard InChI is InChI=1S/C41H76O5Si2/c1-30(18-16-24-39(8,9)44-29-42-11)33-22-23-34-32(19-17-25-40(33,34)10)21-20-31-26-35(45-47(12,13)37(2,3)4)41(28-43-41)36(27-31)46-48(14,15)38(5,6)7/h20-21,30,33-36H,16-19,22-29H2,1-15H3/b31-20?,32-21+/t30-,33?,34?,35-,36+,40?,41?/m1/s1. The third-order valence-corrected chi connectivity index (χ3v) is 23.2. The molecule has 5 nitrogen and oxygen atoms in total. The quantitative estimate of drug-likeness (QED) is 0.108. The van der Waals surface area contributed by atoms with Crippen LogP contribution in [-0.4, -0.2) is 60.6 Å². The Balaban J connectivity index is 1.53. The van der Waals surface area contributed by atoms with E-state index in [1.54, 1.807) is 12.7 Å². The first-order chi connectivity index (χ1) is 22.0. The van der Waals surface area contributed by atoms with Gasteiger partial charge in [0.1, 0.15) is 12.4 Å². The first-order valence-corrected chi connectivity index (χ1v) is 25.3. The molecule has 0 aromatic carbocycles. The predicted octanol–water partition coefficient (Wildman–Crippen LogP) is 11.6. The highest BCUT2D eigenvalue weighted by atomic mass is 28.4. The normalized spacial score (nSPS) is 34.2. The average molecular weight is 705 g/mol. The molecule has 0 bridgehead atoms. The van der Waals surface area contributed by atoms with E-state index in [0.29, 0.717) is 18.1 Å². The lowest BCUT2D eigenvalue weighted by Crippen LogP contribution is -2.57. The molecule has 278 valence electrons. The van der Waals surface area contributed by atoms with E-state index >= 15 is 0 Å². The molecule has 4 unspecified atom stereocenters. The summed E-state index contributed by atoms with van der Waals surface area (Å²) < 4.78 is 32.0. The van der Waals surface area contributed by atoms with E-state index < -0.39 is 16.6 Å². The van der Waals surface area contributed by atoms with Gasteiger partial charge in [0.15, 0.2) is 16.6 Å². The van der Waals surface area contributed by atoms with Crippen LogP contribution in [0.1, 0.15) is 133 Å². The van der Waals surface area contributed by atoms with Gasteiger partial charge in [0.2, 0.25) is 0 Å². The zero-order valence-corrected chi connectivity index (χ0v) is 36.1. The van der Waals surface area contributed by atoms with Crippen molar-refractivity contribution in [3.8, 4) is 0 Å². The Hall–Kier alpha value is -0.286. The van der Waals surface area contributed by atoms with Gasteiger partial charge in [-0.1, -0.05) is 91.5 Å². The Bertz CT molecular complexity index is 1110. The largest absolute Gasteiger partial charge is 0.410 e. The molecule has 4 rings (SSSR count). The minimum atomic E-state index is -2.00. The first-order valence-electron chi connectivity index (χ1n) is 19.5. The molecule has 4 fully saturated rings. The van der Waals surface area contributed by atoms with E-state index in [2.05, 4.69) is 108 Å². The highest BCUT2D eigenvalue weighted by Gasteiger charge is 2.63. The van der Waals surface area contributed by atoms with Gasteiger partial charge < -0.3 is 23.1 Å². The van der Waals surface area contributed by atoms with Crippen molar-refractivity contribution in [2.24, 2.45) is 23.2 Å². The lowest BCUT2D eigenvalue weighted by molar-refractivity contribution is -0.118. The fourth-order valence-corrected chi connectivity index (χ4v) is 11.5. The molecule has 7 atom stereocenters. The van der Waals surface area contributed by atoms with Crippen LogP contribution in [0.15, 0.2) is 23.3 Å². The van der Waals surface area contributed by atoms with Crippen LogP contribution in [0.25, 0.3) is 0 Å². The molecular formula is C41H76O5Si2. The smallest absolute Gasteiger partial charge is 0.192 e. The van der Waals surface area contributed by atoms with Crippen molar-refractivity contribution in [1.29, 1.82) is 0 Å². The Morgan fingerprint density at radius 1 is 0.896 bits per heavy atom. The predicted molar refractivity (Wildman–Crippen MR) is 206 cm³/mol. The highest BCUT2D eigenvalue weighted by molar-refractivity contribution is 6.74. The lowest BCUT2D eigenvalue weighted by atomic mass is 9.60. The van der Waals surface area contributed by atoms with Gasteiger partial charge in [-0.15, -0.1) is 0 Å². The molecule has 1 heterocycles. The Morgan fingerprint density at radius 2 is 1.46 bits per heavy atom. The van der Waals surface area contributed by atoms with E-state index in [4.69, 9.17) is 23.1 Å². The van der Waals surface area contributed by atoms with Crippen molar-refractivity contribution >= 4 is 16.6 Å². The van der Waals surface area contributed by atoms with E-state index in [0.717, 1.165) is 37.7 Å². The summed E-state index contributed by atoms with van der Waals surface area (Å²) in [7, 11) is -2.30. The number of methoxy groups -OCH3 is 1. The van der Waals surface area contributed by atoms with Gasteiger partial charge in [-0.25, -0.2) is 0 Å². The van der Waals surface area contributed by atoms with E-state index in [9.17, 15) is 0 Å². The second-order valence-corrected chi connectivity index (χ2v) is 29.7. The molecule has 48 heavy (non-hydrogen) atoms. The molecule has 3 saturated carbocycles. The topological polar surface area (TPSA) is 49.5 Å². The summed E-state index contributed by atoms with van der Waals surface area (Å²) in [5, 5.41) is 0.303. The van der Waals surface area contributed by atoms with Crippen LogP contribution in [0.4, 0.5) is 0 Å². The van der Waals surface area contributed by atoms with Crippen molar-refractivity contribution in [3.63, 3.8) is 0 Å². The summed E-state index contributed by atoms with van der Waals surface area (Å²) in [6.07, 6.45) is 17.3. The van der Waals surface area contributed by atoms with Gasteiger partial charge in [-0.3, -0.25) is 0 Å². The fourth-order valence-electron chi connectivity index (χ4n) is 8.83. The molecule has 0 aromatic heterocycles. The number of rotatable bonds is 13. The monoisotopic (exact) mass is 705 g/mol. The Kier molecular flexibility index (Phi) is 12.3. The Labute approximate surface area is 299 Å². The molecule has 0 amide bonds. The van der Waals surface area contributed by atoms with Crippen molar-refractivity contribution in [2.45, 2.75) is 193 Å². The second-order valence-electron chi connectivity index (χ2n) is 20.2. The molecule has 4 aliphatic rings. The third kappa shape index (κ3) is 8.83. The molecule has 7 heteroatoms. The van der Waals surface area contributed by atoms with Crippen LogP contribution in [0.3, 0.4) is 0 Å². The van der Waals surface area contributed by atoms with Crippen molar-refractivity contribution in [2.75, 3.05) is 20.5 Å². The molecule has 0 aromatic rings. The minimum absolute atomic E-state index is 0.0600. The molecule has 1 aliphatic heterocycles. The summed E-state index contributed by atoms with van der Waals surface area (Å²) in [6, 6.07) is 0. The lowest BCUT2D eigenvalue weighted by Gasteiger charge is -2.48. The number of fused-ring (bicyclic) bond motifs is 1. The van der Waals surface area contributed by atoms with Gasteiger partial charge in [0.25, 0.3) is 0 Å². The fraction of sp³-hybridized carbons (Fsp3) is 0.902. The number of allylic oxidation sites excluding steroid dienone is 3. The molecule has 0 N–H and O–H groups in total. The minimum Gasteiger partial charge on any atom is -0.410 e. The summed E-state index contributed by atoms with van der Waals surface area (Å²) in [5.74, 6) is 2.25. The van der Waals surface area contributed by atoms with Gasteiger partial charge in [-0.2, -0.15) is 0 Å². The number of ether oxygens (including phenoxy) is 3. The van der Waals surface area contributed by atoms with Crippen LogP contribution in [0, 0.1) is 23.2 Å². The summed E-state index contributed by atoms with van der Waals surface area (Å²) in [5.41, 5.74) is 3.18. The SMILES string of the molecule is COCOC(C)(C)CCC[C@@H](C)C1CCC2/C(=C/C=C3C[C@H](O[Si](C)(C)C(C)(C)C)C4(CO4)[C@H](O[Si](C)(C)C(C)(C)C)C3)CCCC21C. The van der Waals surface area contributed by atoms with Crippen LogP contribution in [0.5, 0.6) is 0 Å². The van der Waals surface area contributed by atoms with Gasteiger partial charge in [0, 0.05) is 7.11 Å². The van der Waals surface area contributed by atoms with Crippen LogP contribution < -0.4 is 0 Å². The molecule has 1 spiro atoms. The second kappa shape index (κ2) is 14.6. The first kappa shape index (κ1) is 40.5. The molecule has 3 aliphatic carbocycles. The Morgan fingerprint density at radius 3 is 1.96 bits per heavy atom. The summed E-state index contributed by atoms with van der Waals surface area (Å²) in [4.78, 5) is 0. The maximum atomic E-state index is 7.25. The van der Waals surface area contributed by atoms with E-state index in [1.165, 1.54) is 50.5 Å². The molecular weight excluding hydrogens is 629 g/mol. The van der Waals surface area contributed by atoms with Gasteiger partial charge >= 0.3 is 0 Å². The average Bonchev–Trinajstić information content (AvgIpc) is 3.66. The zero-order chi connectivity index (χ0) is 36.0. The van der Waals surface area contributed by atoms with E-state index in [-0.39, 0.29) is 33.5 Å². The maximum absolute atomic E-state index is 7.25. The summed E-state index contributed by atoms with van der Waals surface area (Å²) >= 11 is 0. The molecule has 0 radical (unpaired) electrons. The van der Waals surface area contributed by atoms with Crippen LogP contribution in [-0.2, 0) is 23.1 Å². The van der Waals surface area contributed by atoms with Gasteiger partial charge in [0.05, 0.1) is 24.4 Å².